The van der Waals surface area contributed by atoms with Crippen LogP contribution in [0, 0.1) is 0 Å². The Labute approximate surface area is 164 Å². The van der Waals surface area contributed by atoms with Gasteiger partial charge >= 0.3 is 53.8 Å². The molecule has 0 aliphatic carbocycles. The van der Waals surface area contributed by atoms with Crippen molar-refractivity contribution in [3.8, 4) is 0 Å². The fraction of sp³-hybridized carbons (Fsp3) is 1.00. The molecule has 4 unspecified atom stereocenters. The smallest absolute Gasteiger partial charge is 0.252 e. The van der Waals surface area contributed by atoms with E-state index in [1.165, 1.54) is 0 Å². The van der Waals surface area contributed by atoms with Crippen LogP contribution in [0.25, 0.3) is 0 Å². The quantitative estimate of drug-likeness (QED) is 0.466. The van der Waals surface area contributed by atoms with Gasteiger partial charge in [-0.25, -0.2) is 27.4 Å². The Bertz CT molecular complexity index is 765. The van der Waals surface area contributed by atoms with Gasteiger partial charge in [0, 0.05) is 13.8 Å². The van der Waals surface area contributed by atoms with Crippen LogP contribution < -0.4 is 0 Å². The summed E-state index contributed by atoms with van der Waals surface area (Å²) in [5.74, 6) is -56.3. The van der Waals surface area contributed by atoms with E-state index in [2.05, 4.69) is 18.9 Å². The zero-order chi connectivity index (χ0) is 25.8. The second-order valence-electron chi connectivity index (χ2n) is 6.65. The zero-order valence-electron chi connectivity index (χ0n) is 14.7. The fourth-order valence-corrected chi connectivity index (χ4v) is 2.61. The van der Waals surface area contributed by atoms with E-state index in [0.717, 1.165) is 0 Å². The van der Waals surface area contributed by atoms with E-state index in [1.807, 2.05) is 0 Å². The number of rotatable bonds is 4. The Morgan fingerprint density at radius 1 is 0.500 bits per heavy atom. The molecule has 0 spiro atoms. The third-order valence-corrected chi connectivity index (χ3v) is 4.23. The molecule has 0 aromatic carbocycles. The monoisotopic (exact) mass is 518 g/mol. The summed E-state index contributed by atoms with van der Waals surface area (Å²) in [7, 11) is 0. The lowest BCUT2D eigenvalue weighted by Gasteiger charge is -2.50. The van der Waals surface area contributed by atoms with Crippen molar-refractivity contribution in [1.29, 1.82) is 0 Å². The lowest BCUT2D eigenvalue weighted by atomic mass is 9.85. The largest absolute Gasteiger partial charge is 0.491 e. The second kappa shape index (κ2) is 6.23. The Morgan fingerprint density at radius 3 is 1.22 bits per heavy atom. The molecule has 2 aliphatic rings. The van der Waals surface area contributed by atoms with Crippen molar-refractivity contribution < 1.29 is 89.2 Å². The molecule has 0 aromatic heterocycles. The molecule has 20 heteroatoms. The number of hydrogen-bond acceptors (Lipinski definition) is 4. The molecule has 0 amide bonds. The summed E-state index contributed by atoms with van der Waals surface area (Å²) in [5.41, 5.74) is 0. The zero-order valence-corrected chi connectivity index (χ0v) is 14.7. The highest BCUT2D eigenvalue weighted by molar-refractivity contribution is 5.18. The van der Waals surface area contributed by atoms with E-state index in [-0.39, 0.29) is 0 Å². The van der Waals surface area contributed by atoms with Gasteiger partial charge in [-0.3, -0.25) is 4.74 Å². The Balaban J connectivity index is 2.81. The number of alkyl halides is 16. The fourth-order valence-electron chi connectivity index (χ4n) is 2.61. The first-order valence-electron chi connectivity index (χ1n) is 7.41. The molecule has 4 atom stereocenters. The van der Waals surface area contributed by atoms with Crippen molar-refractivity contribution in [3.05, 3.63) is 0 Å². The standard InChI is InChI=1S/C12H6F16O4/c1-3(13,14)8(22)10(24,32-12(27,28)30-8)7(20,21)6(18,19)9(23)5(16,17)4(2,15)29-11(25,26)31-9/h1-2H3. The topological polar surface area (TPSA) is 36.9 Å². The summed E-state index contributed by atoms with van der Waals surface area (Å²) in [6.45, 7) is -1.96. The van der Waals surface area contributed by atoms with Crippen LogP contribution in [-0.4, -0.2) is 59.7 Å². The molecule has 190 valence electrons. The minimum atomic E-state index is -8.09. The van der Waals surface area contributed by atoms with Crippen molar-refractivity contribution in [2.75, 3.05) is 0 Å². The van der Waals surface area contributed by atoms with Crippen LogP contribution in [0.4, 0.5) is 70.2 Å². The highest BCUT2D eigenvalue weighted by Gasteiger charge is 2.98. The first kappa shape index (κ1) is 27.0. The molecular formula is C12H6F16O4. The molecule has 2 aliphatic heterocycles. The van der Waals surface area contributed by atoms with E-state index in [4.69, 9.17) is 0 Å². The van der Waals surface area contributed by atoms with Crippen LogP contribution in [-0.2, 0) is 18.9 Å². The highest BCUT2D eigenvalue weighted by atomic mass is 19.3. The number of ether oxygens (including phenoxy) is 4. The van der Waals surface area contributed by atoms with E-state index in [9.17, 15) is 70.2 Å². The van der Waals surface area contributed by atoms with Crippen molar-refractivity contribution in [2.24, 2.45) is 0 Å². The summed E-state index contributed by atoms with van der Waals surface area (Å²) >= 11 is 0. The lowest BCUT2D eigenvalue weighted by Crippen LogP contribution is -2.80. The third kappa shape index (κ3) is 3.00. The lowest BCUT2D eigenvalue weighted by molar-refractivity contribution is -0.601. The highest BCUT2D eigenvalue weighted by Crippen LogP contribution is 2.68. The first-order valence-corrected chi connectivity index (χ1v) is 7.41. The number of halogens is 16. The van der Waals surface area contributed by atoms with Crippen LogP contribution >= 0.6 is 0 Å². The third-order valence-electron chi connectivity index (χ3n) is 4.23. The van der Waals surface area contributed by atoms with Crippen molar-refractivity contribution in [1.82, 2.24) is 0 Å². The molecule has 0 radical (unpaired) electrons. The molecule has 0 bridgehead atoms. The van der Waals surface area contributed by atoms with Gasteiger partial charge in [0.05, 0.1) is 0 Å². The van der Waals surface area contributed by atoms with Crippen molar-refractivity contribution in [2.45, 2.75) is 73.5 Å². The van der Waals surface area contributed by atoms with Gasteiger partial charge in [-0.1, -0.05) is 0 Å². The second-order valence-corrected chi connectivity index (χ2v) is 6.65. The van der Waals surface area contributed by atoms with Crippen LogP contribution in [0.15, 0.2) is 0 Å². The maximum Gasteiger partial charge on any atom is 0.491 e. The molecule has 0 saturated carbocycles. The summed E-state index contributed by atoms with van der Waals surface area (Å²) in [6.07, 6.45) is -12.5. The Kier molecular flexibility index (Phi) is 5.25. The predicted octanol–water partition coefficient (Wildman–Crippen LogP) is 5.42. The molecule has 2 fully saturated rings. The van der Waals surface area contributed by atoms with Gasteiger partial charge in [0.25, 0.3) is 5.85 Å². The summed E-state index contributed by atoms with van der Waals surface area (Å²) in [5, 5.41) is 0. The number of hydrogen-bond donors (Lipinski definition) is 0. The first-order chi connectivity index (χ1) is 13.6. The van der Waals surface area contributed by atoms with E-state index < -0.39 is 73.5 Å². The normalized spacial score (nSPS) is 42.2. The van der Waals surface area contributed by atoms with Crippen LogP contribution in [0.2, 0.25) is 0 Å². The van der Waals surface area contributed by atoms with Gasteiger partial charge in [-0.2, -0.15) is 39.5 Å². The average Bonchev–Trinajstić information content (AvgIpc) is 2.69. The Morgan fingerprint density at radius 2 is 0.812 bits per heavy atom. The molecule has 2 heterocycles. The molecule has 2 saturated heterocycles. The summed E-state index contributed by atoms with van der Waals surface area (Å²) in [4.78, 5) is 0. The van der Waals surface area contributed by atoms with Gasteiger partial charge in [0.1, 0.15) is 0 Å². The maximum absolute atomic E-state index is 14.5. The van der Waals surface area contributed by atoms with Gasteiger partial charge in [-0.15, -0.1) is 17.6 Å². The average molecular weight is 518 g/mol. The maximum atomic E-state index is 14.5. The predicted molar refractivity (Wildman–Crippen MR) is 60.7 cm³/mol. The van der Waals surface area contributed by atoms with Gasteiger partial charge < -0.3 is 0 Å². The van der Waals surface area contributed by atoms with Gasteiger partial charge in [0.2, 0.25) is 0 Å². The van der Waals surface area contributed by atoms with Crippen LogP contribution in [0.1, 0.15) is 13.8 Å². The van der Waals surface area contributed by atoms with Gasteiger partial charge in [-0.05, 0) is 0 Å². The molecule has 32 heavy (non-hydrogen) atoms. The summed E-state index contributed by atoms with van der Waals surface area (Å²) in [6, 6.07) is 0. The van der Waals surface area contributed by atoms with E-state index in [0.29, 0.717) is 0 Å². The van der Waals surface area contributed by atoms with Crippen molar-refractivity contribution >= 4 is 0 Å². The van der Waals surface area contributed by atoms with E-state index in [1.54, 1.807) is 0 Å². The van der Waals surface area contributed by atoms with Crippen molar-refractivity contribution in [3.63, 3.8) is 0 Å². The molecular weight excluding hydrogens is 512 g/mol. The molecule has 2 rings (SSSR count). The molecule has 0 aromatic rings. The minimum absolute atomic E-state index is 0.930. The SMILES string of the molecule is CC(F)(F)C1(F)OC(F)(F)OC1(F)C(F)(F)C(F)(F)C1(F)OC(F)(F)OC(C)(F)C1(F)F. The Hall–Kier alpha value is -1.28. The molecule has 4 nitrogen and oxygen atoms in total. The molecule has 0 N–H and O–H groups in total. The summed E-state index contributed by atoms with van der Waals surface area (Å²) < 4.78 is 229. The van der Waals surface area contributed by atoms with Crippen LogP contribution in [0.3, 0.4) is 0 Å². The van der Waals surface area contributed by atoms with E-state index >= 15 is 0 Å². The minimum Gasteiger partial charge on any atom is -0.252 e. The van der Waals surface area contributed by atoms with Crippen LogP contribution in [0.5, 0.6) is 0 Å². The van der Waals surface area contributed by atoms with Gasteiger partial charge in [0.15, 0.2) is 0 Å².